The predicted octanol–water partition coefficient (Wildman–Crippen LogP) is -0.702. The third-order valence-corrected chi connectivity index (χ3v) is 6.39. The van der Waals surface area contributed by atoms with Gasteiger partial charge in [-0.1, -0.05) is 0 Å². The van der Waals surface area contributed by atoms with Crippen molar-refractivity contribution in [3.63, 3.8) is 0 Å². The van der Waals surface area contributed by atoms with Gasteiger partial charge in [0.1, 0.15) is 5.88 Å². The number of ether oxygens (including phenoxy) is 1. The molecule has 1 atom stereocenters. The van der Waals surface area contributed by atoms with E-state index in [2.05, 4.69) is 30.9 Å². The number of hydrogen-bond acceptors (Lipinski definition) is 12. The normalized spacial score (nSPS) is 17.0. The summed E-state index contributed by atoms with van der Waals surface area (Å²) in [7, 11) is -7.39. The second-order valence-corrected chi connectivity index (χ2v) is 9.90. The van der Waals surface area contributed by atoms with Crippen LogP contribution in [0.5, 0.6) is 0 Å². The Labute approximate surface area is 184 Å². The van der Waals surface area contributed by atoms with Gasteiger partial charge in [-0.3, -0.25) is 4.55 Å². The number of nitrogens with one attached hydrogen (secondary N) is 3. The molecule has 1 aromatic carbocycles. The van der Waals surface area contributed by atoms with E-state index in [0.717, 1.165) is 0 Å². The molecule has 176 valence electrons. The lowest BCUT2D eigenvalue weighted by molar-refractivity contribution is 0.0991. The molecule has 1 saturated heterocycles. The minimum Gasteiger partial charge on any atom is -0.394 e. The quantitative estimate of drug-likeness (QED) is 0.135. The van der Waals surface area contributed by atoms with E-state index in [0.29, 0.717) is 18.8 Å². The van der Waals surface area contributed by atoms with E-state index in [1.165, 1.54) is 28.6 Å². The van der Waals surface area contributed by atoms with Crippen molar-refractivity contribution in [1.29, 1.82) is 0 Å². The fraction of sp³-hybridized carbons (Fsp3) is 0.438. The number of benzene rings is 1. The Morgan fingerprint density at radius 2 is 1.59 bits per heavy atom. The number of rotatable bonds is 13. The zero-order valence-corrected chi connectivity index (χ0v) is 18.4. The number of sulfonamides is 1. The van der Waals surface area contributed by atoms with Crippen molar-refractivity contribution in [2.75, 3.05) is 61.3 Å². The lowest BCUT2D eigenvalue weighted by Gasteiger charge is -2.11. The molecule has 0 spiro atoms. The van der Waals surface area contributed by atoms with Crippen LogP contribution in [0.15, 0.2) is 29.2 Å². The van der Waals surface area contributed by atoms with Gasteiger partial charge in [-0.25, -0.2) is 8.42 Å². The maximum absolute atomic E-state index is 11.3. The standard InChI is InChI=1S/C16H23N7O7S2/c24-8-10-30-9-6-18-15-20-14(17-5-7-23-11-31(23,25)26)21-16(22-15)19-12-1-3-13(4-2-12)32(27,28)29/h1-4,24H,5-11H2,(H,27,28,29)(H3,17,18,19,20,21,22). The molecule has 1 aromatic heterocycles. The summed E-state index contributed by atoms with van der Waals surface area (Å²) >= 11 is 0. The molecule has 0 bridgehead atoms. The molecule has 0 amide bonds. The van der Waals surface area contributed by atoms with Gasteiger partial charge >= 0.3 is 0 Å². The Balaban J connectivity index is 1.68. The molecule has 16 heteroatoms. The van der Waals surface area contributed by atoms with Crippen LogP contribution in [0.2, 0.25) is 0 Å². The molecule has 1 aliphatic heterocycles. The Morgan fingerprint density at radius 3 is 2.16 bits per heavy atom. The lowest BCUT2D eigenvalue weighted by atomic mass is 10.3. The molecule has 32 heavy (non-hydrogen) atoms. The zero-order valence-electron chi connectivity index (χ0n) is 16.8. The minimum atomic E-state index is -4.31. The Hall–Kier alpha value is -2.63. The fourth-order valence-electron chi connectivity index (χ4n) is 2.49. The molecule has 0 radical (unpaired) electrons. The van der Waals surface area contributed by atoms with Gasteiger partial charge in [0, 0.05) is 25.3 Å². The third-order valence-electron chi connectivity index (χ3n) is 4.08. The van der Waals surface area contributed by atoms with Crippen LogP contribution in [-0.4, -0.2) is 91.1 Å². The van der Waals surface area contributed by atoms with Crippen LogP contribution in [-0.2, 0) is 24.9 Å². The maximum Gasteiger partial charge on any atom is 0.294 e. The maximum atomic E-state index is 11.3. The first-order valence-electron chi connectivity index (χ1n) is 9.42. The first-order chi connectivity index (χ1) is 15.2. The predicted molar refractivity (Wildman–Crippen MR) is 115 cm³/mol. The molecular weight excluding hydrogens is 466 g/mol. The van der Waals surface area contributed by atoms with Gasteiger partial charge < -0.3 is 25.8 Å². The molecule has 0 saturated carbocycles. The second-order valence-electron chi connectivity index (χ2n) is 6.54. The molecular formula is C16H23N7O7S2. The summed E-state index contributed by atoms with van der Waals surface area (Å²) in [6.07, 6.45) is 0. The van der Waals surface area contributed by atoms with Crippen LogP contribution in [0.4, 0.5) is 23.5 Å². The molecule has 14 nitrogen and oxygen atoms in total. The van der Waals surface area contributed by atoms with Crippen LogP contribution in [0, 0.1) is 0 Å². The smallest absolute Gasteiger partial charge is 0.294 e. The molecule has 5 N–H and O–H groups in total. The second kappa shape index (κ2) is 10.3. The highest BCUT2D eigenvalue weighted by molar-refractivity contribution is 7.95. The van der Waals surface area contributed by atoms with Crippen molar-refractivity contribution in [3.8, 4) is 0 Å². The van der Waals surface area contributed by atoms with Gasteiger partial charge in [-0.05, 0) is 24.3 Å². The molecule has 1 fully saturated rings. The van der Waals surface area contributed by atoms with E-state index < -0.39 is 20.1 Å². The largest absolute Gasteiger partial charge is 0.394 e. The van der Waals surface area contributed by atoms with E-state index >= 15 is 0 Å². The molecule has 2 aromatic rings. The van der Waals surface area contributed by atoms with Crippen molar-refractivity contribution < 1.29 is 31.2 Å². The van der Waals surface area contributed by atoms with Crippen molar-refractivity contribution in [2.24, 2.45) is 0 Å². The summed E-state index contributed by atoms with van der Waals surface area (Å²) < 4.78 is 60.4. The first-order valence-corrected chi connectivity index (χ1v) is 12.5. The summed E-state index contributed by atoms with van der Waals surface area (Å²) in [5, 5.41) is 17.5. The van der Waals surface area contributed by atoms with Gasteiger partial charge in [-0.2, -0.15) is 27.7 Å². The van der Waals surface area contributed by atoms with Crippen molar-refractivity contribution in [3.05, 3.63) is 24.3 Å². The van der Waals surface area contributed by atoms with Crippen LogP contribution >= 0.6 is 0 Å². The summed E-state index contributed by atoms with van der Waals surface area (Å²) in [5.41, 5.74) is 0.460. The van der Waals surface area contributed by atoms with Crippen LogP contribution < -0.4 is 16.0 Å². The Kier molecular flexibility index (Phi) is 7.75. The van der Waals surface area contributed by atoms with Gasteiger partial charge in [0.15, 0.2) is 0 Å². The fourth-order valence-corrected chi connectivity index (χ4v) is 4.04. The molecule has 0 aliphatic carbocycles. The number of nitrogens with zero attached hydrogens (tertiary/aromatic N) is 4. The van der Waals surface area contributed by atoms with E-state index in [1.54, 1.807) is 0 Å². The number of aliphatic hydroxyl groups is 1. The van der Waals surface area contributed by atoms with Gasteiger partial charge in [0.2, 0.25) is 27.9 Å². The van der Waals surface area contributed by atoms with Crippen LogP contribution in [0.1, 0.15) is 0 Å². The molecule has 1 unspecified atom stereocenters. The zero-order chi connectivity index (χ0) is 23.2. The third kappa shape index (κ3) is 7.21. The van der Waals surface area contributed by atoms with Crippen LogP contribution in [0.3, 0.4) is 0 Å². The van der Waals surface area contributed by atoms with Crippen molar-refractivity contribution in [2.45, 2.75) is 4.90 Å². The number of aliphatic hydroxyl groups excluding tert-OH is 1. The number of aromatic nitrogens is 3. The lowest BCUT2D eigenvalue weighted by Crippen LogP contribution is -2.18. The highest BCUT2D eigenvalue weighted by Gasteiger charge is 2.39. The van der Waals surface area contributed by atoms with Gasteiger partial charge in [0.05, 0.1) is 24.7 Å². The number of hydrogen-bond donors (Lipinski definition) is 5. The topological polar surface area (TPSA) is 196 Å². The first kappa shape index (κ1) is 24.0. The Bertz CT molecular complexity index is 1130. The van der Waals surface area contributed by atoms with Crippen LogP contribution in [0.25, 0.3) is 0 Å². The van der Waals surface area contributed by atoms with Gasteiger partial charge in [-0.15, -0.1) is 0 Å². The summed E-state index contributed by atoms with van der Waals surface area (Å²) in [6.45, 7) is 1.34. The van der Waals surface area contributed by atoms with Crippen molar-refractivity contribution in [1.82, 2.24) is 19.3 Å². The van der Waals surface area contributed by atoms with Crippen molar-refractivity contribution >= 4 is 43.7 Å². The minimum absolute atomic E-state index is 0.0267. The average Bonchev–Trinajstić information content (AvgIpc) is 3.33. The van der Waals surface area contributed by atoms with E-state index in [9.17, 15) is 16.8 Å². The SMILES string of the molecule is O=S(=O)(O)c1ccc(Nc2nc(NCCOCCO)nc(NCCN3CS3(=O)=O)n2)cc1. The summed E-state index contributed by atoms with van der Waals surface area (Å²) in [4.78, 5) is 12.4. The van der Waals surface area contributed by atoms with E-state index in [-0.39, 0.29) is 54.9 Å². The summed E-state index contributed by atoms with van der Waals surface area (Å²) in [6, 6.07) is 5.31. The highest BCUT2D eigenvalue weighted by atomic mass is 32.2. The molecule has 3 rings (SSSR count). The molecule has 2 heterocycles. The van der Waals surface area contributed by atoms with E-state index in [1.807, 2.05) is 0 Å². The molecule has 1 aliphatic rings. The summed E-state index contributed by atoms with van der Waals surface area (Å²) in [5.74, 6) is 0.570. The average molecular weight is 490 g/mol. The Morgan fingerprint density at radius 1 is 1.00 bits per heavy atom. The monoisotopic (exact) mass is 489 g/mol. The van der Waals surface area contributed by atoms with E-state index in [4.69, 9.17) is 14.4 Å². The number of anilines is 4. The highest BCUT2D eigenvalue weighted by Crippen LogP contribution is 2.19. The van der Waals surface area contributed by atoms with Gasteiger partial charge in [0.25, 0.3) is 10.1 Å².